The number of likely N-dealkylation sites (tertiary alicyclic amines) is 2. The molecule has 0 aliphatic carbocycles. The summed E-state index contributed by atoms with van der Waals surface area (Å²) in [5.41, 5.74) is 5.86. The number of piperidine rings is 1. The summed E-state index contributed by atoms with van der Waals surface area (Å²) in [7, 11) is 0. The summed E-state index contributed by atoms with van der Waals surface area (Å²) < 4.78 is 41.0. The van der Waals surface area contributed by atoms with Gasteiger partial charge in [-0.1, -0.05) is 17.7 Å². The Morgan fingerprint density at radius 1 is 1.09 bits per heavy atom. The summed E-state index contributed by atoms with van der Waals surface area (Å²) in [6.45, 7) is 14.4. The number of anilines is 1. The molecule has 240 valence electrons. The number of aromatic nitrogens is 3. The van der Waals surface area contributed by atoms with E-state index in [4.69, 9.17) is 0 Å². The Labute approximate surface area is 263 Å². The fourth-order valence-electron chi connectivity index (χ4n) is 7.46. The molecule has 6 rings (SSSR count). The van der Waals surface area contributed by atoms with Crippen LogP contribution in [-0.4, -0.2) is 82.4 Å². The van der Waals surface area contributed by atoms with Gasteiger partial charge >= 0.3 is 6.18 Å². The van der Waals surface area contributed by atoms with Crippen molar-refractivity contribution in [3.8, 4) is 6.07 Å². The first-order chi connectivity index (χ1) is 21.6. The van der Waals surface area contributed by atoms with Gasteiger partial charge in [0.2, 0.25) is 0 Å². The average molecular weight is 621 g/mol. The number of nitrogens with zero attached hydrogens (tertiary/aromatic N) is 6. The van der Waals surface area contributed by atoms with Crippen LogP contribution < -0.4 is 10.6 Å². The van der Waals surface area contributed by atoms with E-state index in [1.807, 2.05) is 0 Å². The molecule has 45 heavy (non-hydrogen) atoms. The first-order valence-electron chi connectivity index (χ1n) is 16.1. The van der Waals surface area contributed by atoms with Gasteiger partial charge in [-0.15, -0.1) is 0 Å². The number of aryl methyl sites for hydroxylation is 2. The van der Waals surface area contributed by atoms with Crippen LogP contribution in [0.25, 0.3) is 17.0 Å². The van der Waals surface area contributed by atoms with Crippen LogP contribution in [0.1, 0.15) is 54.3 Å². The zero-order valence-electron chi connectivity index (χ0n) is 26.4. The van der Waals surface area contributed by atoms with Crippen LogP contribution in [0.15, 0.2) is 30.1 Å². The summed E-state index contributed by atoms with van der Waals surface area (Å²) in [6.07, 6.45) is -0.387. The summed E-state index contributed by atoms with van der Waals surface area (Å²) in [5.74, 6) is 2.12. The second kappa shape index (κ2) is 13.1. The normalized spacial score (nSPS) is 21.8. The molecule has 2 unspecified atom stereocenters. The third-order valence-electron chi connectivity index (χ3n) is 9.96. The highest BCUT2D eigenvalue weighted by molar-refractivity contribution is 5.86. The van der Waals surface area contributed by atoms with Crippen LogP contribution in [0.2, 0.25) is 0 Å². The van der Waals surface area contributed by atoms with Crippen LogP contribution in [-0.2, 0) is 13.1 Å². The molecular weight excluding hydrogens is 577 g/mol. The molecule has 3 aliphatic heterocycles. The Bertz CT molecular complexity index is 1580. The highest BCUT2D eigenvalue weighted by Gasteiger charge is 2.35. The summed E-state index contributed by atoms with van der Waals surface area (Å²) in [5, 5.41) is 18.1. The molecule has 0 radical (unpaired) electrons. The van der Waals surface area contributed by atoms with E-state index >= 15 is 0 Å². The van der Waals surface area contributed by atoms with Crippen molar-refractivity contribution in [2.24, 2.45) is 11.8 Å². The zero-order chi connectivity index (χ0) is 31.7. The summed E-state index contributed by atoms with van der Waals surface area (Å²) in [4.78, 5) is 13.6. The lowest BCUT2D eigenvalue weighted by molar-refractivity contribution is -0.126. The predicted octanol–water partition coefficient (Wildman–Crippen LogP) is 5.50. The maximum absolute atomic E-state index is 12.9. The van der Waals surface area contributed by atoms with E-state index in [0.717, 1.165) is 100 Å². The van der Waals surface area contributed by atoms with Crippen molar-refractivity contribution >= 4 is 22.8 Å². The summed E-state index contributed by atoms with van der Waals surface area (Å²) in [6, 6.07) is 9.07. The predicted molar refractivity (Wildman–Crippen MR) is 171 cm³/mol. The quantitative estimate of drug-likeness (QED) is 0.327. The van der Waals surface area contributed by atoms with E-state index in [2.05, 4.69) is 66.2 Å². The number of nitrogens with one attached hydrogen (secondary N) is 2. The second-order valence-electron chi connectivity index (χ2n) is 13.2. The van der Waals surface area contributed by atoms with Gasteiger partial charge < -0.3 is 20.1 Å². The molecule has 5 heterocycles. The Morgan fingerprint density at radius 3 is 2.51 bits per heavy atom. The number of fused-ring (bicyclic) bond motifs is 2. The summed E-state index contributed by atoms with van der Waals surface area (Å²) >= 11 is 0. The molecule has 0 bridgehead atoms. The van der Waals surface area contributed by atoms with Gasteiger partial charge in [0, 0.05) is 68.3 Å². The van der Waals surface area contributed by atoms with Crippen LogP contribution in [0.3, 0.4) is 0 Å². The molecule has 3 saturated heterocycles. The average Bonchev–Trinajstić information content (AvgIpc) is 3.69. The number of alkyl halides is 3. The molecule has 2 aromatic heterocycles. The zero-order valence-corrected chi connectivity index (χ0v) is 26.4. The van der Waals surface area contributed by atoms with Crippen molar-refractivity contribution in [3.05, 3.63) is 58.2 Å². The number of hydrogen-bond donors (Lipinski definition) is 2. The van der Waals surface area contributed by atoms with Gasteiger partial charge in [-0.3, -0.25) is 4.90 Å². The molecule has 3 aliphatic rings. The van der Waals surface area contributed by atoms with E-state index in [-0.39, 0.29) is 11.6 Å². The smallest absolute Gasteiger partial charge is 0.367 e. The van der Waals surface area contributed by atoms with Crippen molar-refractivity contribution in [1.29, 1.82) is 5.26 Å². The van der Waals surface area contributed by atoms with Crippen LogP contribution >= 0.6 is 0 Å². The number of hydrogen-bond acceptors (Lipinski definition) is 7. The highest BCUT2D eigenvalue weighted by atomic mass is 19.4. The van der Waals surface area contributed by atoms with Crippen molar-refractivity contribution in [2.75, 3.05) is 51.1 Å². The molecule has 0 saturated carbocycles. The number of nitriles is 1. The van der Waals surface area contributed by atoms with Gasteiger partial charge in [0.25, 0.3) is 0 Å². The SMILES string of the molecule is C/C(=C\c1c(C)ncnc1NC1CCN(Cc2ccc3c(cc(C#N)n3CCN3CC4CNCC4C3)c2C)CC1)CC(F)(F)F. The molecule has 8 nitrogen and oxygen atoms in total. The van der Waals surface area contributed by atoms with Gasteiger partial charge in [-0.2, -0.15) is 18.4 Å². The van der Waals surface area contributed by atoms with Crippen LogP contribution in [0.5, 0.6) is 0 Å². The molecule has 11 heteroatoms. The Kier molecular flexibility index (Phi) is 9.18. The third kappa shape index (κ3) is 7.19. The van der Waals surface area contributed by atoms with E-state index < -0.39 is 12.6 Å². The third-order valence-corrected chi connectivity index (χ3v) is 9.96. The molecule has 3 fully saturated rings. The van der Waals surface area contributed by atoms with E-state index in [1.54, 1.807) is 13.0 Å². The van der Waals surface area contributed by atoms with Crippen molar-refractivity contribution < 1.29 is 13.2 Å². The lowest BCUT2D eigenvalue weighted by atomic mass is 10.0. The Balaban J connectivity index is 1.08. The van der Waals surface area contributed by atoms with Gasteiger partial charge in [-0.05, 0) is 81.8 Å². The first-order valence-corrected chi connectivity index (χ1v) is 16.1. The monoisotopic (exact) mass is 620 g/mol. The Morgan fingerprint density at radius 2 is 1.82 bits per heavy atom. The molecule has 1 aromatic carbocycles. The lowest BCUT2D eigenvalue weighted by Crippen LogP contribution is -2.39. The van der Waals surface area contributed by atoms with Gasteiger partial charge in [0.15, 0.2) is 0 Å². The van der Waals surface area contributed by atoms with Crippen molar-refractivity contribution in [2.45, 2.75) is 65.3 Å². The molecule has 3 aromatic rings. The van der Waals surface area contributed by atoms with Gasteiger partial charge in [0.05, 0.1) is 12.1 Å². The fourth-order valence-corrected chi connectivity index (χ4v) is 7.46. The Hall–Kier alpha value is -3.46. The van der Waals surface area contributed by atoms with E-state index in [9.17, 15) is 18.4 Å². The maximum atomic E-state index is 12.9. The highest BCUT2D eigenvalue weighted by Crippen LogP contribution is 2.31. The number of benzene rings is 1. The minimum Gasteiger partial charge on any atom is -0.367 e. The minimum atomic E-state index is -4.25. The fraction of sp³-hybridized carbons (Fsp3) is 0.559. The van der Waals surface area contributed by atoms with Crippen molar-refractivity contribution in [1.82, 2.24) is 29.7 Å². The topological polar surface area (TPSA) is 85.0 Å². The maximum Gasteiger partial charge on any atom is 0.392 e. The first kappa shape index (κ1) is 31.5. The van der Waals surface area contributed by atoms with Crippen molar-refractivity contribution in [3.63, 3.8) is 0 Å². The van der Waals surface area contributed by atoms with E-state index in [0.29, 0.717) is 17.1 Å². The molecule has 0 spiro atoms. The molecule has 0 amide bonds. The van der Waals surface area contributed by atoms with Crippen LogP contribution in [0, 0.1) is 37.0 Å². The minimum absolute atomic E-state index is 0.174. The lowest BCUT2D eigenvalue weighted by Gasteiger charge is -2.33. The van der Waals surface area contributed by atoms with Gasteiger partial charge in [-0.25, -0.2) is 9.97 Å². The van der Waals surface area contributed by atoms with Gasteiger partial charge in [0.1, 0.15) is 23.9 Å². The standard InChI is InChI=1S/C34H43F3N8/c1-22(14-34(35,36)37)12-31-24(3)40-21-41-33(31)42-28-6-8-43(9-7-28)18-25-4-5-32-30(23(25)2)13-29(15-38)45(32)11-10-44-19-26-16-39-17-27(26)20-44/h4-5,12-13,21,26-28,39H,6-11,14,16-20H2,1-3H3,(H,40,41,42)/b22-12+. The second-order valence-corrected chi connectivity index (χ2v) is 13.2. The largest absolute Gasteiger partial charge is 0.392 e. The molecular formula is C34H43F3N8. The molecule has 2 atom stereocenters. The number of halogens is 3. The van der Waals surface area contributed by atoms with Crippen LogP contribution in [0.4, 0.5) is 19.0 Å². The molecule has 2 N–H and O–H groups in total. The van der Waals surface area contributed by atoms with E-state index in [1.165, 1.54) is 24.4 Å². The number of allylic oxidation sites excluding steroid dienone is 1. The number of rotatable bonds is 9.